The third-order valence-corrected chi connectivity index (χ3v) is 8.00. The van der Waals surface area contributed by atoms with E-state index in [1.54, 1.807) is 36.9 Å². The van der Waals surface area contributed by atoms with Crippen molar-refractivity contribution in [1.29, 1.82) is 0 Å². The number of Topliss-reactive ketones (excluding diaryl/α,β-unsaturated/α-hetero) is 1. The van der Waals surface area contributed by atoms with Crippen LogP contribution in [0.5, 0.6) is 11.5 Å². The second-order valence-electron chi connectivity index (χ2n) is 9.55. The predicted octanol–water partition coefficient (Wildman–Crippen LogP) is 4.58. The van der Waals surface area contributed by atoms with Crippen molar-refractivity contribution in [3.8, 4) is 11.5 Å². The molecule has 212 valence electrons. The zero-order valence-electron chi connectivity index (χ0n) is 22.9. The molecule has 3 heterocycles. The summed E-state index contributed by atoms with van der Waals surface area (Å²) in [4.78, 5) is 58.9. The number of hydrogen-bond acceptors (Lipinski definition) is 9. The molecule has 1 atom stereocenters. The summed E-state index contributed by atoms with van der Waals surface area (Å²) < 4.78 is 17.7. The van der Waals surface area contributed by atoms with Crippen molar-refractivity contribution in [1.82, 2.24) is 9.55 Å². The fraction of sp³-hybridized carbons (Fsp3) is 0.300. The van der Waals surface area contributed by atoms with Crippen LogP contribution in [0.2, 0.25) is 0 Å². The number of thiophene rings is 1. The maximum atomic E-state index is 13.5. The van der Waals surface area contributed by atoms with Crippen LogP contribution >= 0.6 is 11.3 Å². The molecule has 1 aliphatic heterocycles. The van der Waals surface area contributed by atoms with Gasteiger partial charge in [0.2, 0.25) is 0 Å². The Hall–Kier alpha value is -4.51. The number of aromatic nitrogens is 2. The van der Waals surface area contributed by atoms with Crippen LogP contribution in [0.3, 0.4) is 0 Å². The number of rotatable bonds is 10. The minimum absolute atomic E-state index is 0.0394. The molecular formula is C30H29N3O7S. The Morgan fingerprint density at radius 1 is 1.12 bits per heavy atom. The van der Waals surface area contributed by atoms with Gasteiger partial charge in [0.25, 0.3) is 11.5 Å². The van der Waals surface area contributed by atoms with Crippen molar-refractivity contribution in [2.45, 2.75) is 33.2 Å². The fourth-order valence-corrected chi connectivity index (χ4v) is 5.71. The monoisotopic (exact) mass is 575 g/mol. The minimum atomic E-state index is -0.887. The summed E-state index contributed by atoms with van der Waals surface area (Å²) in [6.07, 6.45) is 2.07. The first-order chi connectivity index (χ1) is 19.8. The first kappa shape index (κ1) is 28.0. The molecule has 10 nitrogen and oxygen atoms in total. The molecule has 0 bridgehead atoms. The van der Waals surface area contributed by atoms with Crippen molar-refractivity contribution in [2.75, 3.05) is 31.3 Å². The van der Waals surface area contributed by atoms with Gasteiger partial charge in [-0.2, -0.15) is 0 Å². The number of nitrogens with zero attached hydrogens (tertiary/aromatic N) is 3. The first-order valence-electron chi connectivity index (χ1n) is 13.3. The Balaban J connectivity index is 1.34. The van der Waals surface area contributed by atoms with Gasteiger partial charge in [-0.15, -0.1) is 11.3 Å². The summed E-state index contributed by atoms with van der Waals surface area (Å²) in [7, 11) is 0. The average molecular weight is 576 g/mol. The Morgan fingerprint density at radius 2 is 1.90 bits per heavy atom. The predicted molar refractivity (Wildman–Crippen MR) is 154 cm³/mol. The number of ketones is 1. The summed E-state index contributed by atoms with van der Waals surface area (Å²) in [6, 6.07) is 13.2. The van der Waals surface area contributed by atoms with Crippen LogP contribution in [0, 0.1) is 6.92 Å². The van der Waals surface area contributed by atoms with Gasteiger partial charge in [0.1, 0.15) is 34.4 Å². The molecular weight excluding hydrogens is 546 g/mol. The lowest BCUT2D eigenvalue weighted by Gasteiger charge is -2.29. The zero-order valence-corrected chi connectivity index (χ0v) is 23.7. The molecule has 0 radical (unpaired) electrons. The molecule has 0 N–H and O–H groups in total. The van der Waals surface area contributed by atoms with E-state index in [1.165, 1.54) is 10.9 Å². The van der Waals surface area contributed by atoms with E-state index in [1.807, 2.05) is 37.3 Å². The molecule has 0 fully saturated rings. The molecule has 0 saturated heterocycles. The number of hydrogen-bond donors (Lipinski definition) is 0. The van der Waals surface area contributed by atoms with Crippen LogP contribution in [-0.4, -0.2) is 53.6 Å². The van der Waals surface area contributed by atoms with Gasteiger partial charge in [0, 0.05) is 12.1 Å². The molecule has 41 heavy (non-hydrogen) atoms. The Kier molecular flexibility index (Phi) is 8.16. The number of benzene rings is 2. The normalized spacial score (nSPS) is 13.4. The van der Waals surface area contributed by atoms with Gasteiger partial charge >= 0.3 is 5.97 Å². The van der Waals surface area contributed by atoms with Gasteiger partial charge < -0.3 is 19.1 Å². The molecule has 0 saturated carbocycles. The fourth-order valence-electron chi connectivity index (χ4n) is 4.68. The van der Waals surface area contributed by atoms with Gasteiger partial charge in [-0.05, 0) is 56.2 Å². The van der Waals surface area contributed by atoms with Gasteiger partial charge in [-0.25, -0.2) is 9.78 Å². The quantitative estimate of drug-likeness (QED) is 0.153. The van der Waals surface area contributed by atoms with Crippen molar-refractivity contribution in [2.24, 2.45) is 0 Å². The van der Waals surface area contributed by atoms with E-state index in [0.717, 1.165) is 17.8 Å². The molecule has 0 spiro atoms. The van der Waals surface area contributed by atoms with Crippen molar-refractivity contribution in [3.63, 3.8) is 0 Å². The summed E-state index contributed by atoms with van der Waals surface area (Å²) in [5.74, 6) is 0.137. The van der Waals surface area contributed by atoms with Crippen molar-refractivity contribution >= 4 is 44.9 Å². The molecule has 2 aromatic heterocycles. The number of esters is 1. The lowest BCUT2D eigenvalue weighted by molar-refractivity contribution is -0.121. The highest BCUT2D eigenvalue weighted by Gasteiger charge is 2.28. The molecule has 1 amide bonds. The lowest BCUT2D eigenvalue weighted by Crippen LogP contribution is -2.39. The van der Waals surface area contributed by atoms with Gasteiger partial charge in [-0.3, -0.25) is 19.0 Å². The number of amides is 1. The standard InChI is InChI=1S/C30H29N3O7S/c1-4-12-32-22-15-20(10-11-23(22)40-16-24(32)34)26(35)19(3)33-17-31-28-25(29(33)36)18(2)27(41-28)30(37)39-14-13-38-21-8-6-5-7-9-21/h5-11,15,17,19H,4,12-14,16H2,1-3H3. The van der Waals surface area contributed by atoms with Gasteiger partial charge in [0.05, 0.1) is 23.4 Å². The molecule has 4 aromatic rings. The lowest BCUT2D eigenvalue weighted by atomic mass is 10.0. The number of carbonyl (C=O) groups is 3. The van der Waals surface area contributed by atoms with E-state index in [4.69, 9.17) is 14.2 Å². The van der Waals surface area contributed by atoms with E-state index in [2.05, 4.69) is 4.98 Å². The summed E-state index contributed by atoms with van der Waals surface area (Å²) in [5.41, 5.74) is 0.894. The second kappa shape index (κ2) is 11.9. The topological polar surface area (TPSA) is 117 Å². The van der Waals surface area contributed by atoms with Crippen LogP contribution < -0.4 is 19.9 Å². The molecule has 2 aromatic carbocycles. The Labute approximate surface area is 240 Å². The Morgan fingerprint density at radius 3 is 2.66 bits per heavy atom. The number of anilines is 1. The highest BCUT2D eigenvalue weighted by molar-refractivity contribution is 7.20. The average Bonchev–Trinajstić information content (AvgIpc) is 3.33. The van der Waals surface area contributed by atoms with Crippen molar-refractivity contribution < 1.29 is 28.6 Å². The number of carbonyl (C=O) groups excluding carboxylic acids is 3. The third kappa shape index (κ3) is 5.58. The SMILES string of the molecule is CCCN1C(=O)COc2ccc(C(=O)C(C)n3cnc4sc(C(=O)OCCOc5ccccc5)c(C)c4c3=O)cc21. The third-order valence-electron chi connectivity index (χ3n) is 6.82. The summed E-state index contributed by atoms with van der Waals surface area (Å²) >= 11 is 1.07. The summed E-state index contributed by atoms with van der Waals surface area (Å²) in [5, 5.41) is 0.267. The molecule has 1 aliphatic rings. The van der Waals surface area contributed by atoms with Crippen LogP contribution in [-0.2, 0) is 9.53 Å². The number of fused-ring (bicyclic) bond motifs is 2. The first-order valence-corrected chi connectivity index (χ1v) is 14.1. The maximum absolute atomic E-state index is 13.5. The molecule has 11 heteroatoms. The minimum Gasteiger partial charge on any atom is -0.490 e. The van der Waals surface area contributed by atoms with Gasteiger partial charge in [0.15, 0.2) is 12.4 Å². The molecule has 1 unspecified atom stereocenters. The molecule has 0 aliphatic carbocycles. The van der Waals surface area contributed by atoms with Crippen LogP contribution in [0.1, 0.15) is 51.9 Å². The zero-order chi connectivity index (χ0) is 29.1. The second-order valence-corrected chi connectivity index (χ2v) is 10.5. The van der Waals surface area contributed by atoms with Crippen LogP contribution in [0.15, 0.2) is 59.7 Å². The van der Waals surface area contributed by atoms with Gasteiger partial charge in [-0.1, -0.05) is 25.1 Å². The van der Waals surface area contributed by atoms with E-state index < -0.39 is 17.6 Å². The van der Waals surface area contributed by atoms with E-state index >= 15 is 0 Å². The largest absolute Gasteiger partial charge is 0.490 e. The van der Waals surface area contributed by atoms with E-state index in [-0.39, 0.29) is 41.8 Å². The maximum Gasteiger partial charge on any atom is 0.348 e. The van der Waals surface area contributed by atoms with Crippen LogP contribution in [0.4, 0.5) is 5.69 Å². The number of para-hydroxylation sites is 1. The van der Waals surface area contributed by atoms with E-state index in [0.29, 0.717) is 39.7 Å². The highest BCUT2D eigenvalue weighted by atomic mass is 32.1. The van der Waals surface area contributed by atoms with Crippen molar-refractivity contribution in [3.05, 3.63) is 81.2 Å². The highest BCUT2D eigenvalue weighted by Crippen LogP contribution is 2.34. The number of ether oxygens (including phenoxy) is 3. The molecule has 5 rings (SSSR count). The Bertz CT molecular complexity index is 1680. The van der Waals surface area contributed by atoms with E-state index in [9.17, 15) is 19.2 Å². The smallest absolute Gasteiger partial charge is 0.348 e. The summed E-state index contributed by atoms with van der Waals surface area (Å²) in [6.45, 7) is 5.93. The van der Waals surface area contributed by atoms with Crippen LogP contribution in [0.25, 0.3) is 10.2 Å². The number of aryl methyl sites for hydroxylation is 1.